The molecule has 1 aliphatic rings. The molecule has 0 spiro atoms. The summed E-state index contributed by atoms with van der Waals surface area (Å²) in [5.74, 6) is 0. The van der Waals surface area contributed by atoms with Crippen LogP contribution in [-0.4, -0.2) is 36.9 Å². The predicted molar refractivity (Wildman–Crippen MR) is 90.4 cm³/mol. The van der Waals surface area contributed by atoms with Gasteiger partial charge in [0, 0.05) is 24.5 Å². The second-order valence-corrected chi connectivity index (χ2v) is 5.84. The first-order valence-corrected chi connectivity index (χ1v) is 8.26. The van der Waals surface area contributed by atoms with Gasteiger partial charge in [0.15, 0.2) is 0 Å². The third kappa shape index (κ3) is 4.91. The molecule has 2 rings (SSSR count). The number of aliphatic hydroxyl groups excluding tert-OH is 1. The number of carbonyl (C=O) groups is 1. The van der Waals surface area contributed by atoms with Crippen LogP contribution in [0.1, 0.15) is 39.0 Å². The maximum Gasteiger partial charge on any atom is 0.319 e. The van der Waals surface area contributed by atoms with Gasteiger partial charge < -0.3 is 20.6 Å². The average molecular weight is 305 g/mol. The molecular weight excluding hydrogens is 278 g/mol. The smallest absolute Gasteiger partial charge is 0.319 e. The van der Waals surface area contributed by atoms with E-state index in [4.69, 9.17) is 5.11 Å². The van der Waals surface area contributed by atoms with Crippen LogP contribution in [0.15, 0.2) is 24.3 Å². The molecule has 1 atom stereocenters. The van der Waals surface area contributed by atoms with Crippen molar-refractivity contribution in [2.45, 2.75) is 45.1 Å². The van der Waals surface area contributed by atoms with Gasteiger partial charge >= 0.3 is 6.03 Å². The first-order chi connectivity index (χ1) is 10.7. The van der Waals surface area contributed by atoms with E-state index >= 15 is 0 Å². The van der Waals surface area contributed by atoms with E-state index in [0.29, 0.717) is 6.42 Å². The van der Waals surface area contributed by atoms with E-state index in [0.717, 1.165) is 24.5 Å². The summed E-state index contributed by atoms with van der Waals surface area (Å²) in [5.41, 5.74) is 1.95. The summed E-state index contributed by atoms with van der Waals surface area (Å²) < 4.78 is 0. The monoisotopic (exact) mass is 305 g/mol. The van der Waals surface area contributed by atoms with Crippen LogP contribution in [0.5, 0.6) is 0 Å². The molecule has 5 heteroatoms. The summed E-state index contributed by atoms with van der Waals surface area (Å²) in [7, 11) is 0. The maximum absolute atomic E-state index is 11.9. The van der Waals surface area contributed by atoms with Crippen molar-refractivity contribution in [3.63, 3.8) is 0 Å². The van der Waals surface area contributed by atoms with Gasteiger partial charge in [-0.15, -0.1) is 0 Å². The topological polar surface area (TPSA) is 64.6 Å². The SMILES string of the molecule is CC[C@H](CO)NC(=O)Nc1cccc(N2CCCCCC2)c1. The van der Waals surface area contributed by atoms with Gasteiger partial charge in [-0.3, -0.25) is 0 Å². The first-order valence-electron chi connectivity index (χ1n) is 8.26. The van der Waals surface area contributed by atoms with E-state index in [1.165, 1.54) is 25.7 Å². The molecule has 0 unspecified atom stereocenters. The fourth-order valence-corrected chi connectivity index (χ4v) is 2.74. The van der Waals surface area contributed by atoms with Crippen LogP contribution in [0.25, 0.3) is 0 Å². The molecule has 0 radical (unpaired) electrons. The molecule has 1 aromatic rings. The largest absolute Gasteiger partial charge is 0.394 e. The van der Waals surface area contributed by atoms with Crippen molar-refractivity contribution >= 4 is 17.4 Å². The minimum absolute atomic E-state index is 0.0439. The van der Waals surface area contributed by atoms with Gasteiger partial charge in [0.1, 0.15) is 0 Å². The average Bonchev–Trinajstić information content (AvgIpc) is 2.82. The molecule has 1 aliphatic heterocycles. The normalized spacial score (nSPS) is 16.7. The van der Waals surface area contributed by atoms with Crippen LogP contribution in [0.2, 0.25) is 0 Å². The standard InChI is InChI=1S/C17H27N3O2/c1-2-14(13-21)18-17(22)19-15-8-7-9-16(12-15)20-10-5-3-4-6-11-20/h7-9,12,14,21H,2-6,10-11,13H2,1H3,(H2,18,19,22)/t14-/m1/s1. The highest BCUT2D eigenvalue weighted by atomic mass is 16.3. The van der Waals surface area contributed by atoms with Gasteiger partial charge in [0.25, 0.3) is 0 Å². The molecular formula is C17H27N3O2. The van der Waals surface area contributed by atoms with Crippen LogP contribution in [0.3, 0.4) is 0 Å². The van der Waals surface area contributed by atoms with E-state index in [1.54, 1.807) is 0 Å². The third-order valence-corrected chi connectivity index (χ3v) is 4.12. The Morgan fingerprint density at radius 3 is 2.64 bits per heavy atom. The minimum atomic E-state index is -0.270. The van der Waals surface area contributed by atoms with Crippen LogP contribution in [0.4, 0.5) is 16.2 Å². The van der Waals surface area contributed by atoms with Crippen molar-refractivity contribution in [1.29, 1.82) is 0 Å². The first kappa shape index (κ1) is 16.6. The number of urea groups is 1. The number of nitrogens with zero attached hydrogens (tertiary/aromatic N) is 1. The zero-order chi connectivity index (χ0) is 15.8. The molecule has 0 saturated carbocycles. The summed E-state index contributed by atoms with van der Waals surface area (Å²) in [6, 6.07) is 7.50. The number of amides is 2. The summed E-state index contributed by atoms with van der Waals surface area (Å²) in [5, 5.41) is 14.7. The third-order valence-electron chi connectivity index (χ3n) is 4.12. The second kappa shape index (κ2) is 8.63. The Morgan fingerprint density at radius 1 is 1.27 bits per heavy atom. The lowest BCUT2D eigenvalue weighted by Gasteiger charge is -2.23. The van der Waals surface area contributed by atoms with Gasteiger partial charge in [0.05, 0.1) is 12.6 Å². The van der Waals surface area contributed by atoms with Crippen molar-refractivity contribution in [3.05, 3.63) is 24.3 Å². The van der Waals surface area contributed by atoms with Gasteiger partial charge in [-0.25, -0.2) is 4.79 Å². The van der Waals surface area contributed by atoms with Crippen LogP contribution in [0, 0.1) is 0 Å². The number of benzene rings is 1. The summed E-state index contributed by atoms with van der Waals surface area (Å²) >= 11 is 0. The van der Waals surface area contributed by atoms with Crippen molar-refractivity contribution in [3.8, 4) is 0 Å². The van der Waals surface area contributed by atoms with E-state index in [9.17, 15) is 4.79 Å². The molecule has 3 N–H and O–H groups in total. The second-order valence-electron chi connectivity index (χ2n) is 5.84. The lowest BCUT2D eigenvalue weighted by atomic mass is 10.2. The van der Waals surface area contributed by atoms with E-state index in [1.807, 2.05) is 25.1 Å². The Morgan fingerprint density at radius 2 is 2.00 bits per heavy atom. The molecule has 2 amide bonds. The molecule has 1 aromatic carbocycles. The van der Waals surface area contributed by atoms with Crippen LogP contribution >= 0.6 is 0 Å². The number of aliphatic hydroxyl groups is 1. The highest BCUT2D eigenvalue weighted by Gasteiger charge is 2.12. The summed E-state index contributed by atoms with van der Waals surface area (Å²) in [6.45, 7) is 4.05. The van der Waals surface area contributed by atoms with E-state index < -0.39 is 0 Å². The Labute approximate surface area is 132 Å². The van der Waals surface area contributed by atoms with Gasteiger partial charge in [-0.05, 0) is 37.5 Å². The number of hydrogen-bond donors (Lipinski definition) is 3. The summed E-state index contributed by atoms with van der Waals surface area (Å²) in [6.07, 6.45) is 5.77. The molecule has 22 heavy (non-hydrogen) atoms. The molecule has 1 fully saturated rings. The fourth-order valence-electron chi connectivity index (χ4n) is 2.74. The molecule has 0 aromatic heterocycles. The zero-order valence-electron chi connectivity index (χ0n) is 13.3. The Kier molecular flexibility index (Phi) is 6.52. The molecule has 1 heterocycles. The molecule has 0 aliphatic carbocycles. The lowest BCUT2D eigenvalue weighted by molar-refractivity contribution is 0.222. The highest BCUT2D eigenvalue weighted by molar-refractivity contribution is 5.90. The van der Waals surface area contributed by atoms with Gasteiger partial charge in [-0.2, -0.15) is 0 Å². The van der Waals surface area contributed by atoms with E-state index in [-0.39, 0.29) is 18.7 Å². The molecule has 0 bridgehead atoms. The van der Waals surface area contributed by atoms with Gasteiger partial charge in [0.2, 0.25) is 0 Å². The highest BCUT2D eigenvalue weighted by Crippen LogP contribution is 2.22. The Balaban J connectivity index is 1.97. The Bertz CT molecular complexity index is 467. The number of anilines is 2. The Hall–Kier alpha value is -1.75. The lowest BCUT2D eigenvalue weighted by Crippen LogP contribution is -2.39. The molecule has 122 valence electrons. The summed E-state index contributed by atoms with van der Waals surface area (Å²) in [4.78, 5) is 14.3. The quantitative estimate of drug-likeness (QED) is 0.783. The van der Waals surface area contributed by atoms with E-state index in [2.05, 4.69) is 21.6 Å². The van der Waals surface area contributed by atoms with Crippen molar-refractivity contribution in [2.24, 2.45) is 0 Å². The van der Waals surface area contributed by atoms with Crippen molar-refractivity contribution < 1.29 is 9.90 Å². The zero-order valence-corrected chi connectivity index (χ0v) is 13.3. The minimum Gasteiger partial charge on any atom is -0.394 e. The molecule has 1 saturated heterocycles. The number of nitrogens with one attached hydrogen (secondary N) is 2. The maximum atomic E-state index is 11.9. The van der Waals surface area contributed by atoms with Crippen molar-refractivity contribution in [1.82, 2.24) is 5.32 Å². The number of hydrogen-bond acceptors (Lipinski definition) is 3. The number of rotatable bonds is 5. The number of carbonyl (C=O) groups excluding carboxylic acids is 1. The van der Waals surface area contributed by atoms with Crippen molar-refractivity contribution in [2.75, 3.05) is 29.9 Å². The van der Waals surface area contributed by atoms with Crippen LogP contribution < -0.4 is 15.5 Å². The van der Waals surface area contributed by atoms with Gasteiger partial charge in [-0.1, -0.05) is 25.8 Å². The van der Waals surface area contributed by atoms with Crippen LogP contribution in [-0.2, 0) is 0 Å². The fraction of sp³-hybridized carbons (Fsp3) is 0.588. The molecule has 5 nitrogen and oxygen atoms in total. The predicted octanol–water partition coefficient (Wildman–Crippen LogP) is 2.96.